The summed E-state index contributed by atoms with van der Waals surface area (Å²) < 4.78 is 27.7. The van der Waals surface area contributed by atoms with E-state index in [9.17, 15) is 4.79 Å². The van der Waals surface area contributed by atoms with Gasteiger partial charge >= 0.3 is 5.97 Å². The first-order valence-corrected chi connectivity index (χ1v) is 8.08. The molecule has 1 atom stereocenters. The normalized spacial score (nSPS) is 14.5. The van der Waals surface area contributed by atoms with Crippen LogP contribution in [0.25, 0.3) is 0 Å². The molecule has 2 aromatic carbocycles. The smallest absolute Gasteiger partial charge is 0.336 e. The number of hydrogen-bond acceptors (Lipinski definition) is 4. The molecule has 1 unspecified atom stereocenters. The second-order valence-electron chi connectivity index (χ2n) is 5.36. The maximum atomic E-state index is 13.2. The van der Waals surface area contributed by atoms with Crippen molar-refractivity contribution in [3.8, 4) is 5.75 Å². The van der Waals surface area contributed by atoms with Crippen LogP contribution in [0.15, 0.2) is 67.3 Å². The molecule has 2 rings (SSSR count). The number of carbonyl (C=O) groups is 1. The summed E-state index contributed by atoms with van der Waals surface area (Å²) in [5.74, 6) is -0.0267. The molecule has 0 aromatic heterocycles. The fraction of sp³-hybridized carbons (Fsp3) is 0.286. The Bertz CT molecular complexity index is 778. The predicted molar refractivity (Wildman–Crippen MR) is 101 cm³/mol. The van der Waals surface area contributed by atoms with Gasteiger partial charge in [-0.15, -0.1) is 6.58 Å². The molecular weight excluding hydrogens is 314 g/mol. The summed E-state index contributed by atoms with van der Waals surface area (Å²) in [6.07, 6.45) is -0.958. The van der Waals surface area contributed by atoms with Crippen molar-refractivity contribution in [3.05, 3.63) is 72.8 Å². The Labute approximate surface area is 152 Å². The summed E-state index contributed by atoms with van der Waals surface area (Å²) in [5, 5.41) is 0. The molecule has 0 saturated carbocycles. The molecular formula is C21H25NO3. The zero-order valence-corrected chi connectivity index (χ0v) is 14.9. The minimum absolute atomic E-state index is 0.365. The topological polar surface area (TPSA) is 38.8 Å². The van der Waals surface area contributed by atoms with E-state index in [4.69, 9.17) is 12.2 Å². The number of hydrogen-bond donors (Lipinski definition) is 0. The van der Waals surface area contributed by atoms with Gasteiger partial charge in [0, 0.05) is 21.3 Å². The molecule has 0 aliphatic heterocycles. The van der Waals surface area contributed by atoms with Crippen LogP contribution in [0.4, 0.5) is 5.69 Å². The molecule has 25 heavy (non-hydrogen) atoms. The van der Waals surface area contributed by atoms with Gasteiger partial charge in [-0.1, -0.05) is 36.4 Å². The van der Waals surface area contributed by atoms with Gasteiger partial charge < -0.3 is 14.4 Å². The first-order chi connectivity index (χ1) is 12.9. The van der Waals surface area contributed by atoms with Crippen molar-refractivity contribution in [2.45, 2.75) is 18.8 Å². The van der Waals surface area contributed by atoms with Crippen LogP contribution >= 0.6 is 0 Å². The highest BCUT2D eigenvalue weighted by molar-refractivity contribution is 5.87. The van der Waals surface area contributed by atoms with E-state index in [2.05, 4.69) is 6.58 Å². The van der Waals surface area contributed by atoms with E-state index >= 15 is 0 Å². The van der Waals surface area contributed by atoms with Crippen LogP contribution in [-0.2, 0) is 15.1 Å². The molecule has 0 N–H and O–H groups in total. The predicted octanol–water partition coefficient (Wildman–Crippen LogP) is 4.17. The molecule has 0 aliphatic carbocycles. The van der Waals surface area contributed by atoms with E-state index in [0.29, 0.717) is 23.5 Å². The van der Waals surface area contributed by atoms with Gasteiger partial charge in [0.25, 0.3) is 0 Å². The first kappa shape index (κ1) is 15.8. The number of benzene rings is 2. The summed E-state index contributed by atoms with van der Waals surface area (Å²) in [4.78, 5) is 14.9. The lowest BCUT2D eigenvalue weighted by Crippen LogP contribution is -2.52. The van der Waals surface area contributed by atoms with Gasteiger partial charge in [0.15, 0.2) is 5.54 Å². The molecule has 0 aliphatic rings. The maximum Gasteiger partial charge on any atom is 0.336 e. The number of nitrogens with zero attached hydrogens (tertiary/aromatic N) is 1. The van der Waals surface area contributed by atoms with Crippen LogP contribution in [0.2, 0.25) is 0 Å². The average Bonchev–Trinajstić information content (AvgIpc) is 2.72. The standard InChI is InChI=1S/C21H25NO3/c1-5-16-21(20(23)25-4,17-10-8-7-9-11-17)22(6-2)18-12-14-19(24-3)15-13-18/h5,7-15H,1,6,16H2,2-4H3/i16D2. The Morgan fingerprint density at radius 1 is 1.20 bits per heavy atom. The monoisotopic (exact) mass is 341 g/mol. The summed E-state index contributed by atoms with van der Waals surface area (Å²) in [6, 6.07) is 15.9. The molecule has 4 heteroatoms. The van der Waals surface area contributed by atoms with E-state index in [-0.39, 0.29) is 0 Å². The maximum absolute atomic E-state index is 13.2. The molecule has 0 fully saturated rings. The number of ether oxygens (including phenoxy) is 2. The lowest BCUT2D eigenvalue weighted by molar-refractivity contribution is -0.147. The van der Waals surface area contributed by atoms with Crippen molar-refractivity contribution in [3.63, 3.8) is 0 Å². The minimum Gasteiger partial charge on any atom is -0.497 e. The highest BCUT2D eigenvalue weighted by atomic mass is 16.5. The molecule has 0 spiro atoms. The van der Waals surface area contributed by atoms with E-state index in [1.165, 1.54) is 7.11 Å². The van der Waals surface area contributed by atoms with Gasteiger partial charge in [0.05, 0.1) is 14.2 Å². The zero-order chi connectivity index (χ0) is 20.1. The van der Waals surface area contributed by atoms with Crippen molar-refractivity contribution in [1.29, 1.82) is 0 Å². The second-order valence-corrected chi connectivity index (χ2v) is 5.36. The number of esters is 1. The summed E-state index contributed by atoms with van der Waals surface area (Å²) in [7, 11) is 2.84. The van der Waals surface area contributed by atoms with Gasteiger partial charge in [-0.3, -0.25) is 0 Å². The Morgan fingerprint density at radius 2 is 1.84 bits per heavy atom. The molecule has 0 heterocycles. The van der Waals surface area contributed by atoms with Crippen LogP contribution < -0.4 is 9.64 Å². The largest absolute Gasteiger partial charge is 0.497 e. The molecule has 0 bridgehead atoms. The van der Waals surface area contributed by atoms with E-state index in [0.717, 1.165) is 6.08 Å². The number of likely N-dealkylation sites (N-methyl/N-ethyl adjacent to an activating group) is 1. The van der Waals surface area contributed by atoms with Crippen LogP contribution in [-0.4, -0.2) is 26.7 Å². The minimum atomic E-state index is -2.11. The number of carbonyl (C=O) groups excluding carboxylic acids is 1. The number of rotatable bonds is 8. The molecule has 132 valence electrons. The van der Waals surface area contributed by atoms with Gasteiger partial charge in [-0.25, -0.2) is 4.79 Å². The summed E-state index contributed by atoms with van der Waals surface area (Å²) >= 11 is 0. The highest BCUT2D eigenvalue weighted by Gasteiger charge is 2.45. The van der Waals surface area contributed by atoms with Crippen molar-refractivity contribution in [1.82, 2.24) is 0 Å². The molecule has 0 radical (unpaired) electrons. The van der Waals surface area contributed by atoms with E-state index < -0.39 is 17.9 Å². The quantitative estimate of drug-likeness (QED) is 0.534. The van der Waals surface area contributed by atoms with Crippen LogP contribution in [0, 0.1) is 0 Å². The summed E-state index contributed by atoms with van der Waals surface area (Å²) in [6.45, 7) is 5.88. The van der Waals surface area contributed by atoms with Crippen LogP contribution in [0.5, 0.6) is 5.75 Å². The van der Waals surface area contributed by atoms with Crippen molar-refractivity contribution in [2.75, 3.05) is 25.7 Å². The third kappa shape index (κ3) is 3.53. The van der Waals surface area contributed by atoms with Gasteiger partial charge in [-0.2, -0.15) is 0 Å². The number of anilines is 1. The SMILES string of the molecule is [2H]C([2H])(C=C)C(C(=O)OC)(c1ccccc1)N(CC)c1ccc(OC)cc1. The zero-order valence-electron chi connectivity index (χ0n) is 16.9. The summed E-state index contributed by atoms with van der Waals surface area (Å²) in [5.41, 5.74) is -0.591. The van der Waals surface area contributed by atoms with Crippen molar-refractivity contribution < 1.29 is 17.0 Å². The Morgan fingerprint density at radius 3 is 2.32 bits per heavy atom. The fourth-order valence-electron chi connectivity index (χ4n) is 2.95. The molecule has 0 amide bonds. The van der Waals surface area contributed by atoms with E-state index in [1.807, 2.05) is 13.0 Å². The van der Waals surface area contributed by atoms with E-state index in [1.54, 1.807) is 60.5 Å². The molecule has 4 nitrogen and oxygen atoms in total. The Balaban J connectivity index is 2.82. The van der Waals surface area contributed by atoms with Crippen LogP contribution in [0.1, 0.15) is 21.6 Å². The van der Waals surface area contributed by atoms with Gasteiger partial charge in [0.1, 0.15) is 5.75 Å². The lowest BCUT2D eigenvalue weighted by atomic mass is 9.84. The van der Waals surface area contributed by atoms with Gasteiger partial charge in [-0.05, 0) is 36.8 Å². The third-order valence-electron chi connectivity index (χ3n) is 4.09. The van der Waals surface area contributed by atoms with Crippen molar-refractivity contribution >= 4 is 11.7 Å². The van der Waals surface area contributed by atoms with Crippen molar-refractivity contribution in [2.24, 2.45) is 0 Å². The molecule has 0 saturated heterocycles. The fourth-order valence-corrected chi connectivity index (χ4v) is 2.95. The highest BCUT2D eigenvalue weighted by Crippen LogP contribution is 2.38. The average molecular weight is 341 g/mol. The lowest BCUT2D eigenvalue weighted by Gasteiger charge is -2.42. The third-order valence-corrected chi connectivity index (χ3v) is 4.09. The Kier molecular flexibility index (Phi) is 5.28. The van der Waals surface area contributed by atoms with Gasteiger partial charge in [0.2, 0.25) is 0 Å². The Hall–Kier alpha value is -2.75. The second kappa shape index (κ2) is 8.38. The molecule has 2 aromatic rings. The first-order valence-electron chi connectivity index (χ1n) is 9.08. The number of methoxy groups -OCH3 is 2. The van der Waals surface area contributed by atoms with Crippen LogP contribution in [0.3, 0.4) is 0 Å².